The van der Waals surface area contributed by atoms with Crippen molar-refractivity contribution in [3.63, 3.8) is 0 Å². The molecular formula is C14H18O3S. The summed E-state index contributed by atoms with van der Waals surface area (Å²) in [6.45, 7) is 4.26. The first-order valence-corrected chi connectivity index (χ1v) is 6.97. The maximum absolute atomic E-state index is 11.8. The summed E-state index contributed by atoms with van der Waals surface area (Å²) in [6, 6.07) is 7.22. The second-order valence-corrected chi connectivity index (χ2v) is 5.11. The molecule has 0 N–H and O–H groups in total. The molecule has 98 valence electrons. The van der Waals surface area contributed by atoms with Gasteiger partial charge in [0.15, 0.2) is 0 Å². The van der Waals surface area contributed by atoms with Crippen LogP contribution in [-0.2, 0) is 9.53 Å². The van der Waals surface area contributed by atoms with E-state index in [1.54, 1.807) is 12.1 Å². The fraction of sp³-hybridized carbons (Fsp3) is 0.429. The topological polar surface area (TPSA) is 43.4 Å². The molecule has 0 aliphatic carbocycles. The van der Waals surface area contributed by atoms with Crippen molar-refractivity contribution in [3.05, 3.63) is 29.8 Å². The number of rotatable bonds is 7. The largest absolute Gasteiger partial charge is 0.465 e. The molecule has 0 bridgehead atoms. The molecule has 0 heterocycles. The maximum atomic E-state index is 11.8. The minimum atomic E-state index is -0.169. The van der Waals surface area contributed by atoms with Gasteiger partial charge in [0.25, 0.3) is 0 Å². The van der Waals surface area contributed by atoms with Crippen LogP contribution in [0, 0.1) is 0 Å². The van der Waals surface area contributed by atoms with E-state index >= 15 is 0 Å². The number of aldehydes is 1. The molecular weight excluding hydrogens is 248 g/mol. The molecule has 1 atom stereocenters. The summed E-state index contributed by atoms with van der Waals surface area (Å²) in [4.78, 5) is 23.3. The van der Waals surface area contributed by atoms with Crippen molar-refractivity contribution in [2.75, 3.05) is 6.61 Å². The number of benzene rings is 1. The van der Waals surface area contributed by atoms with Crippen LogP contribution >= 0.6 is 11.8 Å². The normalized spacial score (nSPS) is 11.9. The van der Waals surface area contributed by atoms with Gasteiger partial charge in [-0.25, -0.2) is 0 Å². The molecule has 4 heteroatoms. The molecule has 0 aliphatic rings. The van der Waals surface area contributed by atoms with Crippen molar-refractivity contribution >= 4 is 24.0 Å². The minimum absolute atomic E-state index is 0.163. The van der Waals surface area contributed by atoms with E-state index in [2.05, 4.69) is 0 Å². The summed E-state index contributed by atoms with van der Waals surface area (Å²) < 4.78 is 5.06. The molecule has 0 amide bonds. The second kappa shape index (κ2) is 7.93. The van der Waals surface area contributed by atoms with Crippen LogP contribution in [0.3, 0.4) is 0 Å². The molecule has 0 fully saturated rings. The summed E-state index contributed by atoms with van der Waals surface area (Å²) in [6.07, 6.45) is 2.53. The Labute approximate surface area is 112 Å². The lowest BCUT2D eigenvalue weighted by Crippen LogP contribution is -2.20. The van der Waals surface area contributed by atoms with Gasteiger partial charge in [-0.3, -0.25) is 9.59 Å². The quantitative estimate of drug-likeness (QED) is 0.431. The summed E-state index contributed by atoms with van der Waals surface area (Å²) in [7, 11) is 0. The molecule has 0 aliphatic heterocycles. The Morgan fingerprint density at radius 2 is 2.00 bits per heavy atom. The Morgan fingerprint density at radius 1 is 1.33 bits per heavy atom. The van der Waals surface area contributed by atoms with E-state index < -0.39 is 0 Å². The molecule has 18 heavy (non-hydrogen) atoms. The van der Waals surface area contributed by atoms with Crippen molar-refractivity contribution in [1.29, 1.82) is 0 Å². The molecule has 1 rings (SSSR count). The lowest BCUT2D eigenvalue weighted by atomic mass is 10.2. The number of esters is 1. The van der Waals surface area contributed by atoms with Crippen molar-refractivity contribution < 1.29 is 14.3 Å². The van der Waals surface area contributed by atoms with Gasteiger partial charge in [-0.2, -0.15) is 0 Å². The number of ether oxygens (including phenoxy) is 1. The molecule has 0 saturated heterocycles. The summed E-state index contributed by atoms with van der Waals surface area (Å²) in [5.41, 5.74) is 0.641. The van der Waals surface area contributed by atoms with Gasteiger partial charge < -0.3 is 4.74 Å². The summed E-state index contributed by atoms with van der Waals surface area (Å²) >= 11 is 1.49. The summed E-state index contributed by atoms with van der Waals surface area (Å²) in [5.74, 6) is -0.163. The van der Waals surface area contributed by atoms with Gasteiger partial charge in [-0.1, -0.05) is 25.5 Å². The number of carbonyl (C=O) groups is 2. The Bertz CT molecular complexity index is 387. The third-order valence-electron chi connectivity index (χ3n) is 2.39. The average Bonchev–Trinajstić information content (AvgIpc) is 2.39. The highest BCUT2D eigenvalue weighted by molar-refractivity contribution is 8.00. The van der Waals surface area contributed by atoms with E-state index in [1.807, 2.05) is 26.0 Å². The van der Waals surface area contributed by atoms with E-state index in [-0.39, 0.29) is 11.2 Å². The predicted octanol–water partition coefficient (Wildman–Crippen LogP) is 3.32. The van der Waals surface area contributed by atoms with Gasteiger partial charge in [0.1, 0.15) is 11.5 Å². The third kappa shape index (κ3) is 4.53. The maximum Gasteiger partial charge on any atom is 0.319 e. The van der Waals surface area contributed by atoms with Crippen LogP contribution in [0.4, 0.5) is 0 Å². The van der Waals surface area contributed by atoms with Crippen LogP contribution < -0.4 is 0 Å². The van der Waals surface area contributed by atoms with Gasteiger partial charge in [0, 0.05) is 10.5 Å². The predicted molar refractivity (Wildman–Crippen MR) is 73.0 cm³/mol. The van der Waals surface area contributed by atoms with E-state index in [0.717, 1.165) is 24.0 Å². The lowest BCUT2D eigenvalue weighted by Gasteiger charge is -2.14. The number of hydrogen-bond donors (Lipinski definition) is 0. The van der Waals surface area contributed by atoms with Crippen molar-refractivity contribution in [2.24, 2.45) is 0 Å². The van der Waals surface area contributed by atoms with Gasteiger partial charge in [-0.15, -0.1) is 11.8 Å². The average molecular weight is 266 g/mol. The standard InChI is InChI=1S/C14H18O3S/c1-3-5-13(14(16)17-4-2)18-12-8-6-11(10-15)7-9-12/h6-10,13H,3-5H2,1-2H3. The molecule has 1 unspecified atom stereocenters. The first kappa shape index (κ1) is 14.8. The smallest absolute Gasteiger partial charge is 0.319 e. The molecule has 3 nitrogen and oxygen atoms in total. The Hall–Kier alpha value is -1.29. The fourth-order valence-electron chi connectivity index (χ4n) is 1.51. The Kier molecular flexibility index (Phi) is 6.50. The fourth-order valence-corrected chi connectivity index (χ4v) is 2.65. The zero-order valence-corrected chi connectivity index (χ0v) is 11.5. The van der Waals surface area contributed by atoms with Gasteiger partial charge in [0.05, 0.1) is 6.61 Å². The Morgan fingerprint density at radius 3 is 2.50 bits per heavy atom. The van der Waals surface area contributed by atoms with Gasteiger partial charge in [-0.05, 0) is 25.5 Å². The van der Waals surface area contributed by atoms with Crippen molar-refractivity contribution in [2.45, 2.75) is 36.8 Å². The molecule has 0 saturated carbocycles. The number of hydrogen-bond acceptors (Lipinski definition) is 4. The van der Waals surface area contributed by atoms with E-state index in [9.17, 15) is 9.59 Å². The first-order chi connectivity index (χ1) is 8.71. The van der Waals surface area contributed by atoms with Crippen LogP contribution in [0.5, 0.6) is 0 Å². The third-order valence-corrected chi connectivity index (χ3v) is 3.65. The van der Waals surface area contributed by atoms with Gasteiger partial charge >= 0.3 is 5.97 Å². The van der Waals surface area contributed by atoms with E-state index in [4.69, 9.17) is 4.74 Å². The lowest BCUT2D eigenvalue weighted by molar-refractivity contribution is -0.142. The molecule has 1 aromatic rings. The monoisotopic (exact) mass is 266 g/mol. The Balaban J connectivity index is 2.69. The van der Waals surface area contributed by atoms with Crippen LogP contribution in [0.15, 0.2) is 29.2 Å². The highest BCUT2D eigenvalue weighted by Crippen LogP contribution is 2.27. The van der Waals surface area contributed by atoms with Crippen LogP contribution in [0.2, 0.25) is 0 Å². The highest BCUT2D eigenvalue weighted by atomic mass is 32.2. The van der Waals surface area contributed by atoms with Crippen LogP contribution in [0.25, 0.3) is 0 Å². The zero-order chi connectivity index (χ0) is 13.4. The van der Waals surface area contributed by atoms with E-state index in [0.29, 0.717) is 12.2 Å². The SMILES string of the molecule is CCCC(Sc1ccc(C=O)cc1)C(=O)OCC. The highest BCUT2D eigenvalue weighted by Gasteiger charge is 2.19. The van der Waals surface area contributed by atoms with E-state index in [1.165, 1.54) is 11.8 Å². The molecule has 0 radical (unpaired) electrons. The molecule has 1 aromatic carbocycles. The van der Waals surface area contributed by atoms with Gasteiger partial charge in [0.2, 0.25) is 0 Å². The first-order valence-electron chi connectivity index (χ1n) is 6.09. The van der Waals surface area contributed by atoms with Crippen molar-refractivity contribution in [3.8, 4) is 0 Å². The number of carbonyl (C=O) groups excluding carboxylic acids is 2. The van der Waals surface area contributed by atoms with Crippen LogP contribution in [0.1, 0.15) is 37.0 Å². The second-order valence-electron chi connectivity index (χ2n) is 3.83. The van der Waals surface area contributed by atoms with Crippen molar-refractivity contribution in [1.82, 2.24) is 0 Å². The molecule has 0 spiro atoms. The minimum Gasteiger partial charge on any atom is -0.465 e. The number of thioether (sulfide) groups is 1. The summed E-state index contributed by atoms with van der Waals surface area (Å²) in [5, 5.41) is -0.169. The molecule has 0 aromatic heterocycles. The zero-order valence-electron chi connectivity index (χ0n) is 10.7. The van der Waals surface area contributed by atoms with Crippen LogP contribution in [-0.4, -0.2) is 24.1 Å².